The van der Waals surface area contributed by atoms with Gasteiger partial charge < -0.3 is 0 Å². The fourth-order valence-corrected chi connectivity index (χ4v) is 3.81. The van der Waals surface area contributed by atoms with Crippen LogP contribution in [0.5, 0.6) is 0 Å². The zero-order chi connectivity index (χ0) is 12.6. The molecule has 0 amide bonds. The average Bonchev–Trinajstić information content (AvgIpc) is 2.28. The Balaban J connectivity index is 2.63. The zero-order valence-corrected chi connectivity index (χ0v) is 11.4. The third-order valence-electron chi connectivity index (χ3n) is 4.70. The van der Waals surface area contributed by atoms with Gasteiger partial charge in [-0.15, -0.1) is 0 Å². The van der Waals surface area contributed by atoms with Crippen LogP contribution in [0.25, 0.3) is 0 Å². The molecule has 0 bridgehead atoms. The molecule has 1 heteroatoms. The fourth-order valence-electron chi connectivity index (χ4n) is 3.81. The first-order valence-electron chi connectivity index (χ1n) is 6.78. The van der Waals surface area contributed by atoms with Crippen LogP contribution < -0.4 is 0 Å². The van der Waals surface area contributed by atoms with Gasteiger partial charge in [-0.2, -0.15) is 0 Å². The van der Waals surface area contributed by atoms with Crippen molar-refractivity contribution in [1.82, 2.24) is 0 Å². The van der Waals surface area contributed by atoms with Crippen LogP contribution in [0.4, 0.5) is 4.39 Å². The third-order valence-corrected chi connectivity index (χ3v) is 4.70. The highest BCUT2D eigenvalue weighted by Crippen LogP contribution is 2.48. The van der Waals surface area contributed by atoms with Crippen molar-refractivity contribution in [1.29, 1.82) is 0 Å². The molecule has 17 heavy (non-hydrogen) atoms. The van der Waals surface area contributed by atoms with Crippen molar-refractivity contribution in [3.05, 3.63) is 35.1 Å². The van der Waals surface area contributed by atoms with Crippen molar-refractivity contribution in [2.24, 2.45) is 11.8 Å². The highest BCUT2D eigenvalue weighted by Gasteiger charge is 2.42. The van der Waals surface area contributed by atoms with E-state index < -0.39 is 0 Å². The van der Waals surface area contributed by atoms with Crippen molar-refractivity contribution >= 4 is 0 Å². The van der Waals surface area contributed by atoms with Crippen LogP contribution in [0, 0.1) is 17.7 Å². The van der Waals surface area contributed by atoms with Crippen LogP contribution in [0.3, 0.4) is 0 Å². The van der Waals surface area contributed by atoms with Gasteiger partial charge in [-0.05, 0) is 48.3 Å². The summed E-state index contributed by atoms with van der Waals surface area (Å²) in [5.41, 5.74) is 2.41. The second kappa shape index (κ2) is 4.44. The lowest BCUT2D eigenvalue weighted by molar-refractivity contribution is 0.184. The van der Waals surface area contributed by atoms with Gasteiger partial charge in [0.2, 0.25) is 0 Å². The van der Waals surface area contributed by atoms with E-state index in [1.807, 2.05) is 6.07 Å². The van der Waals surface area contributed by atoms with E-state index in [0.29, 0.717) is 11.8 Å². The SMILES string of the molecule is CC(C)C1(C(C)C)CCCc2c(F)cccc21. The van der Waals surface area contributed by atoms with Gasteiger partial charge >= 0.3 is 0 Å². The quantitative estimate of drug-likeness (QED) is 0.695. The first-order chi connectivity index (χ1) is 8.00. The Morgan fingerprint density at radius 2 is 1.76 bits per heavy atom. The van der Waals surface area contributed by atoms with Gasteiger partial charge in [-0.25, -0.2) is 4.39 Å². The average molecular weight is 234 g/mol. The van der Waals surface area contributed by atoms with Gasteiger partial charge in [-0.3, -0.25) is 0 Å². The third kappa shape index (κ3) is 1.80. The number of hydrogen-bond donors (Lipinski definition) is 0. The van der Waals surface area contributed by atoms with Crippen LogP contribution in [-0.2, 0) is 11.8 Å². The van der Waals surface area contributed by atoms with E-state index in [1.54, 1.807) is 6.07 Å². The molecular weight excluding hydrogens is 211 g/mol. The van der Waals surface area contributed by atoms with E-state index in [1.165, 1.54) is 12.0 Å². The van der Waals surface area contributed by atoms with E-state index in [0.717, 1.165) is 18.4 Å². The molecule has 0 unspecified atom stereocenters. The van der Waals surface area contributed by atoms with Gasteiger partial charge in [-0.1, -0.05) is 39.8 Å². The molecule has 0 saturated carbocycles. The van der Waals surface area contributed by atoms with Crippen LogP contribution in [0.1, 0.15) is 51.7 Å². The maximum atomic E-state index is 13.9. The van der Waals surface area contributed by atoms with E-state index in [4.69, 9.17) is 0 Å². The summed E-state index contributed by atoms with van der Waals surface area (Å²) >= 11 is 0. The minimum Gasteiger partial charge on any atom is -0.207 e. The molecule has 0 fully saturated rings. The standard InChI is InChI=1S/C16H23F/c1-11(2)16(12(3)4)10-6-7-13-14(16)8-5-9-15(13)17/h5,8-9,11-12H,6-7,10H2,1-4H3. The Bertz CT molecular complexity index is 396. The molecule has 2 rings (SSSR count). The lowest BCUT2D eigenvalue weighted by Crippen LogP contribution is -2.41. The first-order valence-corrected chi connectivity index (χ1v) is 6.78. The molecule has 0 nitrogen and oxygen atoms in total. The summed E-state index contributed by atoms with van der Waals surface area (Å²) < 4.78 is 13.9. The molecule has 1 aromatic rings. The Labute approximate surface area is 104 Å². The summed E-state index contributed by atoms with van der Waals surface area (Å²) in [6, 6.07) is 5.63. The smallest absolute Gasteiger partial charge is 0.126 e. The van der Waals surface area contributed by atoms with Gasteiger partial charge in [0, 0.05) is 5.41 Å². The van der Waals surface area contributed by atoms with Gasteiger partial charge in [0.25, 0.3) is 0 Å². The summed E-state index contributed by atoms with van der Waals surface area (Å²) in [5, 5.41) is 0. The molecule has 1 aromatic carbocycles. The molecule has 0 saturated heterocycles. The predicted molar refractivity (Wildman–Crippen MR) is 70.7 cm³/mol. The van der Waals surface area contributed by atoms with Crippen LogP contribution in [0.2, 0.25) is 0 Å². The molecule has 0 aromatic heterocycles. The topological polar surface area (TPSA) is 0 Å². The van der Waals surface area contributed by atoms with E-state index >= 15 is 0 Å². The second-order valence-corrected chi connectivity index (χ2v) is 5.97. The summed E-state index contributed by atoms with van der Waals surface area (Å²) in [5.74, 6) is 1.11. The Hall–Kier alpha value is -0.850. The highest BCUT2D eigenvalue weighted by atomic mass is 19.1. The van der Waals surface area contributed by atoms with Gasteiger partial charge in [0.15, 0.2) is 0 Å². The molecule has 94 valence electrons. The summed E-state index contributed by atoms with van der Waals surface area (Å²) in [6.07, 6.45) is 3.21. The minimum absolute atomic E-state index is 0.00660. The minimum atomic E-state index is -0.00660. The number of rotatable bonds is 2. The number of fused-ring (bicyclic) bond motifs is 1. The Kier molecular flexibility index (Phi) is 3.29. The van der Waals surface area contributed by atoms with E-state index in [2.05, 4.69) is 33.8 Å². The van der Waals surface area contributed by atoms with Crippen LogP contribution in [0.15, 0.2) is 18.2 Å². The maximum Gasteiger partial charge on any atom is 0.126 e. The molecule has 0 aliphatic heterocycles. The van der Waals surface area contributed by atoms with Crippen molar-refractivity contribution in [2.45, 2.75) is 52.4 Å². The Morgan fingerprint density at radius 3 is 2.35 bits per heavy atom. The monoisotopic (exact) mass is 234 g/mol. The number of halogens is 1. The normalized spacial score (nSPS) is 18.5. The first kappa shape index (κ1) is 12.6. The van der Waals surface area contributed by atoms with E-state index in [9.17, 15) is 4.39 Å². The van der Waals surface area contributed by atoms with E-state index in [-0.39, 0.29) is 11.2 Å². The zero-order valence-electron chi connectivity index (χ0n) is 11.4. The van der Waals surface area contributed by atoms with Gasteiger partial charge in [0.1, 0.15) is 5.82 Å². The lowest BCUT2D eigenvalue weighted by atomic mass is 9.58. The summed E-state index contributed by atoms with van der Waals surface area (Å²) in [4.78, 5) is 0. The molecule has 0 spiro atoms. The molecule has 0 radical (unpaired) electrons. The number of hydrogen-bond acceptors (Lipinski definition) is 0. The van der Waals surface area contributed by atoms with Gasteiger partial charge in [0.05, 0.1) is 0 Å². The van der Waals surface area contributed by atoms with Crippen molar-refractivity contribution in [3.8, 4) is 0 Å². The van der Waals surface area contributed by atoms with Crippen molar-refractivity contribution in [3.63, 3.8) is 0 Å². The highest BCUT2D eigenvalue weighted by molar-refractivity contribution is 5.39. The molecule has 1 aliphatic rings. The fraction of sp³-hybridized carbons (Fsp3) is 0.625. The molecule has 0 N–H and O–H groups in total. The lowest BCUT2D eigenvalue weighted by Gasteiger charge is -2.46. The predicted octanol–water partition coefficient (Wildman–Crippen LogP) is 4.71. The summed E-state index contributed by atoms with van der Waals surface area (Å²) in [6.45, 7) is 9.11. The number of benzene rings is 1. The Morgan fingerprint density at radius 1 is 1.12 bits per heavy atom. The van der Waals surface area contributed by atoms with Crippen molar-refractivity contribution < 1.29 is 4.39 Å². The molecular formula is C16H23F. The molecule has 1 aliphatic carbocycles. The summed E-state index contributed by atoms with van der Waals surface area (Å²) in [7, 11) is 0. The van der Waals surface area contributed by atoms with Crippen molar-refractivity contribution in [2.75, 3.05) is 0 Å². The second-order valence-electron chi connectivity index (χ2n) is 5.97. The largest absolute Gasteiger partial charge is 0.207 e. The molecule has 0 atom stereocenters. The van der Waals surface area contributed by atoms with Crippen LogP contribution in [-0.4, -0.2) is 0 Å². The maximum absolute atomic E-state index is 13.9. The van der Waals surface area contributed by atoms with Crippen LogP contribution >= 0.6 is 0 Å². The molecule has 0 heterocycles.